The molecule has 2 aromatic carbocycles. The SMILES string of the molecule is COc1ccc2c(c1)C=C(c1c(C(=O)N3C[C@@H](C)O[C@@H](C)C3)nnn1C(C)C)Cn1c-2c(C2CCCCC2)c2ccc(C(=O)NS(=O)(=O)C(C)C)cc21. The van der Waals surface area contributed by atoms with E-state index in [4.69, 9.17) is 9.47 Å². The van der Waals surface area contributed by atoms with Gasteiger partial charge in [0.15, 0.2) is 5.69 Å². The first-order valence-corrected chi connectivity index (χ1v) is 20.3. The molecule has 2 fully saturated rings. The van der Waals surface area contributed by atoms with Crippen LogP contribution in [0.25, 0.3) is 33.8 Å². The summed E-state index contributed by atoms with van der Waals surface area (Å²) in [6.45, 7) is 12.3. The molecule has 1 saturated heterocycles. The van der Waals surface area contributed by atoms with Gasteiger partial charge in [-0.2, -0.15) is 0 Å². The van der Waals surface area contributed by atoms with E-state index in [1.807, 2.05) is 56.6 Å². The van der Waals surface area contributed by atoms with E-state index in [0.29, 0.717) is 37.0 Å². The van der Waals surface area contributed by atoms with Gasteiger partial charge in [0, 0.05) is 46.7 Å². The van der Waals surface area contributed by atoms with E-state index in [0.717, 1.165) is 59.0 Å². The van der Waals surface area contributed by atoms with Gasteiger partial charge in [0.05, 0.1) is 42.5 Å². The third-order valence-corrected chi connectivity index (χ3v) is 12.5. The molecule has 0 unspecified atom stereocenters. The van der Waals surface area contributed by atoms with Gasteiger partial charge >= 0.3 is 0 Å². The maximum absolute atomic E-state index is 14.4. The zero-order valence-electron chi connectivity index (χ0n) is 31.7. The van der Waals surface area contributed by atoms with Crippen LogP contribution in [0.2, 0.25) is 0 Å². The number of allylic oxidation sites excluding steroid dienone is 1. The standard InChI is InChI=1S/C40H50N6O6S/c1-23(2)46-37(36(41-43-46)40(48)44-20-25(5)52-26(6)21-44)30-17-29-18-31(51-7)14-16-32(29)38-35(27-11-9-8-10-12-27)33-15-13-28(19-34(33)45(38)22-30)39(47)42-53(49,50)24(3)4/h13-19,23-27H,8-12,20-22H2,1-7H3,(H,42,47)/t25-,26+. The Morgan fingerprint density at radius 2 is 1.68 bits per heavy atom. The van der Waals surface area contributed by atoms with Crippen molar-refractivity contribution in [2.75, 3.05) is 20.2 Å². The van der Waals surface area contributed by atoms with Crippen LogP contribution in [-0.4, -0.2) is 82.4 Å². The fourth-order valence-electron chi connectivity index (χ4n) is 8.22. The monoisotopic (exact) mass is 742 g/mol. The van der Waals surface area contributed by atoms with Crippen LogP contribution < -0.4 is 9.46 Å². The smallest absolute Gasteiger partial charge is 0.276 e. The second kappa shape index (κ2) is 14.4. The summed E-state index contributed by atoms with van der Waals surface area (Å²) >= 11 is 0. The molecule has 0 bridgehead atoms. The first-order valence-electron chi connectivity index (χ1n) is 18.8. The van der Waals surface area contributed by atoms with E-state index in [1.165, 1.54) is 12.0 Å². The molecule has 53 heavy (non-hydrogen) atoms. The molecule has 12 nitrogen and oxygen atoms in total. The Kier molecular flexibility index (Phi) is 10.0. The first kappa shape index (κ1) is 36.9. The van der Waals surface area contributed by atoms with Gasteiger partial charge in [0.2, 0.25) is 10.0 Å². The molecule has 4 heterocycles. The largest absolute Gasteiger partial charge is 0.497 e. The second-order valence-electron chi connectivity index (χ2n) is 15.4. The van der Waals surface area contributed by atoms with Crippen molar-refractivity contribution < 1.29 is 27.5 Å². The molecule has 2 amide bonds. The third kappa shape index (κ3) is 6.89. The number of aromatic nitrogens is 4. The minimum absolute atomic E-state index is 0.104. The predicted molar refractivity (Wildman–Crippen MR) is 205 cm³/mol. The third-order valence-electron chi connectivity index (χ3n) is 10.8. The molecule has 1 saturated carbocycles. The van der Waals surface area contributed by atoms with Gasteiger partial charge in [-0.15, -0.1) is 5.10 Å². The molecular formula is C40H50N6O6S. The second-order valence-corrected chi connectivity index (χ2v) is 17.6. The van der Waals surface area contributed by atoms with E-state index in [-0.39, 0.29) is 35.4 Å². The lowest BCUT2D eigenvalue weighted by Crippen LogP contribution is -2.48. The van der Waals surface area contributed by atoms with Gasteiger partial charge in [0.1, 0.15) is 5.75 Å². The summed E-state index contributed by atoms with van der Waals surface area (Å²) in [6.07, 6.45) is 7.44. The summed E-state index contributed by atoms with van der Waals surface area (Å²) in [5, 5.41) is 9.35. The number of hydrogen-bond acceptors (Lipinski definition) is 8. The normalized spacial score (nSPS) is 19.6. The number of sulfonamides is 1. The zero-order chi connectivity index (χ0) is 37.8. The Hall–Kier alpha value is -4.49. The molecule has 4 aromatic rings. The Morgan fingerprint density at radius 1 is 0.962 bits per heavy atom. The highest BCUT2D eigenvalue weighted by molar-refractivity contribution is 7.90. The number of amides is 2. The molecule has 2 atom stereocenters. The van der Waals surface area contributed by atoms with Crippen LogP contribution in [0.15, 0.2) is 36.4 Å². The molecule has 0 radical (unpaired) electrons. The molecule has 2 aromatic heterocycles. The minimum Gasteiger partial charge on any atom is -0.497 e. The highest BCUT2D eigenvalue weighted by Crippen LogP contribution is 2.48. The minimum atomic E-state index is -3.85. The van der Waals surface area contributed by atoms with Crippen molar-refractivity contribution in [3.05, 3.63) is 64.5 Å². The fraction of sp³-hybridized carbons (Fsp3) is 0.500. The Bertz CT molecular complexity index is 2200. The summed E-state index contributed by atoms with van der Waals surface area (Å²) in [5.41, 5.74) is 7.04. The Labute approximate surface area is 311 Å². The highest BCUT2D eigenvalue weighted by Gasteiger charge is 2.35. The van der Waals surface area contributed by atoms with Gasteiger partial charge in [0.25, 0.3) is 11.8 Å². The summed E-state index contributed by atoms with van der Waals surface area (Å²) in [4.78, 5) is 29.7. The lowest BCUT2D eigenvalue weighted by atomic mass is 9.81. The van der Waals surface area contributed by atoms with Crippen molar-refractivity contribution in [3.8, 4) is 17.0 Å². The van der Waals surface area contributed by atoms with E-state index < -0.39 is 21.2 Å². The molecule has 282 valence electrons. The molecule has 1 aliphatic carbocycles. The summed E-state index contributed by atoms with van der Waals surface area (Å²) in [6, 6.07) is 11.5. The average molecular weight is 743 g/mol. The topological polar surface area (TPSA) is 138 Å². The predicted octanol–water partition coefficient (Wildman–Crippen LogP) is 6.81. The van der Waals surface area contributed by atoms with Crippen molar-refractivity contribution in [2.45, 2.75) is 110 Å². The number of carbonyl (C=O) groups excluding carboxylic acids is 2. The number of hydrogen-bond donors (Lipinski definition) is 1. The maximum Gasteiger partial charge on any atom is 0.276 e. The van der Waals surface area contributed by atoms with E-state index in [1.54, 1.807) is 31.9 Å². The molecule has 2 aliphatic heterocycles. The van der Waals surface area contributed by atoms with Crippen LogP contribution in [0.1, 0.15) is 123 Å². The van der Waals surface area contributed by atoms with Crippen LogP contribution >= 0.6 is 0 Å². The Balaban J connectivity index is 1.46. The van der Waals surface area contributed by atoms with Crippen molar-refractivity contribution in [1.29, 1.82) is 0 Å². The lowest BCUT2D eigenvalue weighted by Gasteiger charge is -2.35. The van der Waals surface area contributed by atoms with Crippen molar-refractivity contribution >= 4 is 44.4 Å². The molecule has 13 heteroatoms. The number of nitrogens with zero attached hydrogens (tertiary/aromatic N) is 5. The number of nitrogens with one attached hydrogen (secondary N) is 1. The molecule has 0 spiro atoms. The molecule has 3 aliphatic rings. The number of ether oxygens (including phenoxy) is 2. The summed E-state index contributed by atoms with van der Waals surface area (Å²) in [7, 11) is -2.20. The summed E-state index contributed by atoms with van der Waals surface area (Å²) < 4.78 is 43.5. The van der Waals surface area contributed by atoms with Crippen molar-refractivity contribution in [1.82, 2.24) is 29.2 Å². The lowest BCUT2D eigenvalue weighted by molar-refractivity contribution is -0.0587. The van der Waals surface area contributed by atoms with Crippen molar-refractivity contribution in [2.24, 2.45) is 0 Å². The number of methoxy groups -OCH3 is 1. The molecular weight excluding hydrogens is 693 g/mol. The number of rotatable bonds is 8. The van der Waals surface area contributed by atoms with Crippen LogP contribution in [0.3, 0.4) is 0 Å². The van der Waals surface area contributed by atoms with Gasteiger partial charge in [-0.25, -0.2) is 17.8 Å². The van der Waals surface area contributed by atoms with Crippen molar-refractivity contribution in [3.63, 3.8) is 0 Å². The fourth-order valence-corrected chi connectivity index (χ4v) is 8.84. The number of fused-ring (bicyclic) bond motifs is 5. The van der Waals surface area contributed by atoms with E-state index in [9.17, 15) is 18.0 Å². The van der Waals surface area contributed by atoms with Crippen LogP contribution in [0, 0.1) is 0 Å². The molecule has 7 rings (SSSR count). The number of morpholine rings is 1. The van der Waals surface area contributed by atoms with Crippen LogP contribution in [0.4, 0.5) is 0 Å². The number of benzene rings is 2. The van der Waals surface area contributed by atoms with Crippen LogP contribution in [-0.2, 0) is 21.3 Å². The highest BCUT2D eigenvalue weighted by atomic mass is 32.2. The average Bonchev–Trinajstić information content (AvgIpc) is 3.66. The van der Waals surface area contributed by atoms with E-state index in [2.05, 4.69) is 31.7 Å². The summed E-state index contributed by atoms with van der Waals surface area (Å²) in [5.74, 6) is 0.131. The quantitative estimate of drug-likeness (QED) is 0.208. The van der Waals surface area contributed by atoms with E-state index >= 15 is 0 Å². The maximum atomic E-state index is 14.4. The van der Waals surface area contributed by atoms with Crippen LogP contribution in [0.5, 0.6) is 5.75 Å². The Morgan fingerprint density at radius 3 is 2.34 bits per heavy atom. The first-order chi connectivity index (χ1) is 25.3. The van der Waals surface area contributed by atoms with Gasteiger partial charge in [-0.3, -0.25) is 9.59 Å². The number of carbonyl (C=O) groups is 2. The molecule has 1 N–H and O–H groups in total. The van der Waals surface area contributed by atoms with Gasteiger partial charge < -0.3 is 18.9 Å². The van der Waals surface area contributed by atoms with Gasteiger partial charge in [-0.05, 0) is 108 Å². The zero-order valence-corrected chi connectivity index (χ0v) is 32.5. The van der Waals surface area contributed by atoms with Gasteiger partial charge in [-0.1, -0.05) is 30.5 Å².